The summed E-state index contributed by atoms with van der Waals surface area (Å²) in [6.45, 7) is 1.94. The fourth-order valence-corrected chi connectivity index (χ4v) is 0.613. The zero-order valence-electron chi connectivity index (χ0n) is 3.63. The van der Waals surface area contributed by atoms with Crippen molar-refractivity contribution in [2.24, 2.45) is 0 Å². The molecule has 0 aliphatic heterocycles. The molecule has 34 valence electrons. The summed E-state index contributed by atoms with van der Waals surface area (Å²) in [5.41, 5.74) is 0. The van der Waals surface area contributed by atoms with E-state index in [1.807, 2.05) is 12.9 Å². The Labute approximate surface area is 51.1 Å². The zero-order chi connectivity index (χ0) is 5.11. The average molecular weight is 156 g/mol. The molecule has 0 atom stereocenters. The molecule has 0 aromatic carbocycles. The monoisotopic (exact) mass is 155 g/mol. The SMILES string of the molecule is Brc1bccnc1. The minimum atomic E-state index is 1.02. The molecular weight excluding hydrogens is 153 g/mol. The molecule has 0 N–H and O–H groups in total. The Balaban J connectivity index is 3.02. The molecule has 0 saturated heterocycles. The summed E-state index contributed by atoms with van der Waals surface area (Å²) in [6.07, 6.45) is 3.49. The molecule has 0 radical (unpaired) electrons. The molecule has 0 bridgehead atoms. The van der Waals surface area contributed by atoms with Crippen LogP contribution < -0.4 is 0 Å². The summed E-state index contributed by atoms with van der Waals surface area (Å²) < 4.78 is 1.02. The van der Waals surface area contributed by atoms with Gasteiger partial charge in [-0.05, 0) is 0 Å². The van der Waals surface area contributed by atoms with Crippen LogP contribution in [0.25, 0.3) is 0 Å². The molecule has 0 fully saturated rings. The molecule has 1 nitrogen and oxygen atoms in total. The molecule has 1 rings (SSSR count). The molecule has 1 heterocycles. The van der Waals surface area contributed by atoms with Crippen LogP contribution >= 0.6 is 15.9 Å². The molecule has 3 heteroatoms. The van der Waals surface area contributed by atoms with Crippen LogP contribution in [0.2, 0.25) is 0 Å². The van der Waals surface area contributed by atoms with Gasteiger partial charge in [-0.25, -0.2) is 0 Å². The maximum atomic E-state index is 3.84. The van der Waals surface area contributed by atoms with Crippen LogP contribution in [0.5, 0.6) is 0 Å². The Morgan fingerprint density at radius 2 is 2.57 bits per heavy atom. The summed E-state index contributed by atoms with van der Waals surface area (Å²) in [5.74, 6) is 1.88. The van der Waals surface area contributed by atoms with E-state index < -0.39 is 0 Å². The van der Waals surface area contributed by atoms with Crippen molar-refractivity contribution >= 4 is 22.8 Å². The van der Waals surface area contributed by atoms with Gasteiger partial charge < -0.3 is 0 Å². The average Bonchev–Trinajstić information content (AvgIpc) is 1.69. The van der Waals surface area contributed by atoms with Crippen molar-refractivity contribution in [3.05, 3.63) is 22.7 Å². The maximum absolute atomic E-state index is 3.84. The number of hydrogen-bond donors (Lipinski definition) is 0. The summed E-state index contributed by atoms with van der Waals surface area (Å²) in [5, 5.41) is 0. The van der Waals surface area contributed by atoms with Gasteiger partial charge in [-0.2, -0.15) is 0 Å². The number of nitrogens with zero attached hydrogens (tertiary/aromatic N) is 1. The first-order valence-electron chi connectivity index (χ1n) is 1.95. The van der Waals surface area contributed by atoms with E-state index >= 15 is 0 Å². The predicted molar refractivity (Wildman–Crippen MR) is 33.3 cm³/mol. The van der Waals surface area contributed by atoms with E-state index in [2.05, 4.69) is 20.9 Å². The minimum absolute atomic E-state index is 1.02. The first kappa shape index (κ1) is 4.97. The van der Waals surface area contributed by atoms with Gasteiger partial charge >= 0.3 is 50.5 Å². The number of halogens is 1. The molecule has 7 heavy (non-hydrogen) atoms. The first-order chi connectivity index (χ1) is 3.39. The van der Waals surface area contributed by atoms with Crippen molar-refractivity contribution in [2.75, 3.05) is 0 Å². The molecule has 0 aliphatic carbocycles. The summed E-state index contributed by atoms with van der Waals surface area (Å²) >= 11 is 3.25. The molecule has 1 aromatic rings. The Morgan fingerprint density at radius 3 is 2.86 bits per heavy atom. The van der Waals surface area contributed by atoms with E-state index in [-0.39, 0.29) is 0 Å². The summed E-state index contributed by atoms with van der Waals surface area (Å²) in [6, 6.07) is 0. The molecule has 0 saturated carbocycles. The van der Waals surface area contributed by atoms with Crippen molar-refractivity contribution in [1.29, 1.82) is 0 Å². The van der Waals surface area contributed by atoms with Gasteiger partial charge in [-0.3, -0.25) is 0 Å². The van der Waals surface area contributed by atoms with Crippen LogP contribution in [0.1, 0.15) is 0 Å². The van der Waals surface area contributed by atoms with E-state index in [4.69, 9.17) is 0 Å². The van der Waals surface area contributed by atoms with Crippen LogP contribution in [0.3, 0.4) is 0 Å². The van der Waals surface area contributed by atoms with Crippen LogP contribution in [0, 0.1) is 0 Å². The molecule has 0 unspecified atom stereocenters. The van der Waals surface area contributed by atoms with Gasteiger partial charge in [0.2, 0.25) is 0 Å². The van der Waals surface area contributed by atoms with Crippen molar-refractivity contribution < 1.29 is 0 Å². The van der Waals surface area contributed by atoms with Crippen molar-refractivity contribution in [3.8, 4) is 0 Å². The normalized spacial score (nSPS) is 8.14. The number of rotatable bonds is 0. The molecule has 1 aromatic heterocycles. The van der Waals surface area contributed by atoms with Crippen molar-refractivity contribution in [1.82, 2.24) is 4.98 Å². The Kier molecular flexibility index (Phi) is 1.57. The van der Waals surface area contributed by atoms with Crippen LogP contribution in [-0.4, -0.2) is 11.9 Å². The molecule has 0 spiro atoms. The number of hydrogen-bond acceptors (Lipinski definition) is 1. The van der Waals surface area contributed by atoms with E-state index in [9.17, 15) is 0 Å². The second kappa shape index (κ2) is 2.21. The Hall–Kier alpha value is -0.175. The fraction of sp³-hybridized carbons (Fsp3) is 0. The standard InChI is InChI=1S/C4H3BBrN/c6-4-3-7-2-1-5-4/h1-3H. The van der Waals surface area contributed by atoms with Gasteiger partial charge in [0.15, 0.2) is 0 Å². The van der Waals surface area contributed by atoms with Gasteiger partial charge in [0, 0.05) is 0 Å². The van der Waals surface area contributed by atoms with Gasteiger partial charge in [-0.15, -0.1) is 0 Å². The van der Waals surface area contributed by atoms with Crippen LogP contribution in [-0.2, 0) is 0 Å². The van der Waals surface area contributed by atoms with Crippen LogP contribution in [0.4, 0.5) is 0 Å². The zero-order valence-corrected chi connectivity index (χ0v) is 5.22. The third kappa shape index (κ3) is 1.39. The Morgan fingerprint density at radius 1 is 1.71 bits per heavy atom. The first-order valence-corrected chi connectivity index (χ1v) is 2.74. The number of aromatic nitrogens is 1. The second-order valence-electron chi connectivity index (χ2n) is 1.17. The van der Waals surface area contributed by atoms with E-state index in [1.165, 1.54) is 0 Å². The summed E-state index contributed by atoms with van der Waals surface area (Å²) in [7, 11) is 0. The van der Waals surface area contributed by atoms with Gasteiger partial charge in [0.05, 0.1) is 0 Å². The third-order valence-corrected chi connectivity index (χ3v) is 1.09. The van der Waals surface area contributed by atoms with Gasteiger partial charge in [-0.1, -0.05) is 0 Å². The second-order valence-corrected chi connectivity index (χ2v) is 2.09. The van der Waals surface area contributed by atoms with Crippen molar-refractivity contribution in [3.63, 3.8) is 0 Å². The molecular formula is C4H3BBrN. The predicted octanol–water partition coefficient (Wildman–Crippen LogP) is 1.18. The Bertz CT molecular complexity index is 142. The van der Waals surface area contributed by atoms with E-state index in [1.54, 1.807) is 12.4 Å². The third-order valence-electron chi connectivity index (χ3n) is 0.625. The van der Waals surface area contributed by atoms with Gasteiger partial charge in [0.1, 0.15) is 0 Å². The van der Waals surface area contributed by atoms with E-state index in [0.717, 1.165) is 4.37 Å². The molecule has 0 aliphatic rings. The summed E-state index contributed by atoms with van der Waals surface area (Å²) in [4.78, 5) is 3.84. The topological polar surface area (TPSA) is 12.9 Å². The quantitative estimate of drug-likeness (QED) is 0.549. The molecule has 0 amide bonds. The fourth-order valence-electron chi connectivity index (χ4n) is 0.342. The van der Waals surface area contributed by atoms with Crippen LogP contribution in [0.15, 0.2) is 22.7 Å². The van der Waals surface area contributed by atoms with Crippen molar-refractivity contribution in [2.45, 2.75) is 0 Å². The van der Waals surface area contributed by atoms with E-state index in [0.29, 0.717) is 0 Å². The van der Waals surface area contributed by atoms with Gasteiger partial charge in [0.25, 0.3) is 0 Å².